The van der Waals surface area contributed by atoms with E-state index in [1.165, 1.54) is 17.7 Å². The summed E-state index contributed by atoms with van der Waals surface area (Å²) < 4.78 is 28.1. The molecule has 1 amide bonds. The number of hydrazone groups is 1. The number of amides is 1. The van der Waals surface area contributed by atoms with Gasteiger partial charge in [0.05, 0.1) is 10.6 Å². The second kappa shape index (κ2) is 11.3. The average molecular weight is 498 g/mol. The van der Waals surface area contributed by atoms with Crippen LogP contribution in [-0.4, -0.2) is 26.6 Å². The number of hydrogen-bond donors (Lipinski definition) is 1. The third-order valence-electron chi connectivity index (χ3n) is 5.31. The van der Waals surface area contributed by atoms with Crippen molar-refractivity contribution in [2.45, 2.75) is 38.5 Å². The normalized spacial score (nSPS) is 11.8. The summed E-state index contributed by atoms with van der Waals surface area (Å²) in [5, 5.41) is 4.65. The molecule has 8 heteroatoms. The van der Waals surface area contributed by atoms with E-state index >= 15 is 0 Å². The summed E-state index contributed by atoms with van der Waals surface area (Å²) in [5.74, 6) is -0.538. The fourth-order valence-corrected chi connectivity index (χ4v) is 5.10. The molecule has 3 aromatic rings. The summed E-state index contributed by atoms with van der Waals surface area (Å²) in [6, 6.07) is 21.4. The molecule has 3 aromatic carbocycles. The highest BCUT2D eigenvalue weighted by atomic mass is 35.5. The van der Waals surface area contributed by atoms with Crippen molar-refractivity contribution in [3.05, 3.63) is 94.5 Å². The Labute approximate surface area is 206 Å². The van der Waals surface area contributed by atoms with Gasteiger partial charge in [-0.3, -0.25) is 9.10 Å². The molecule has 0 saturated carbocycles. The maximum absolute atomic E-state index is 13.5. The van der Waals surface area contributed by atoms with Gasteiger partial charge in [0, 0.05) is 10.7 Å². The molecule has 0 aliphatic rings. The molecule has 0 unspecified atom stereocenters. The van der Waals surface area contributed by atoms with Crippen LogP contribution in [0.3, 0.4) is 0 Å². The molecule has 0 aromatic heterocycles. The molecule has 0 aliphatic heterocycles. The van der Waals surface area contributed by atoms with E-state index in [4.69, 9.17) is 11.6 Å². The van der Waals surface area contributed by atoms with Crippen molar-refractivity contribution in [2.75, 3.05) is 10.8 Å². The second-order valence-corrected chi connectivity index (χ2v) is 10.4. The molecular formula is C26H28ClN3O3S. The first-order valence-electron chi connectivity index (χ1n) is 10.9. The van der Waals surface area contributed by atoms with Crippen LogP contribution in [0, 0.1) is 13.8 Å². The summed E-state index contributed by atoms with van der Waals surface area (Å²) in [6.45, 7) is 5.03. The highest BCUT2D eigenvalue weighted by molar-refractivity contribution is 7.92. The van der Waals surface area contributed by atoms with Crippen molar-refractivity contribution in [1.82, 2.24) is 5.43 Å². The van der Waals surface area contributed by atoms with Crippen molar-refractivity contribution < 1.29 is 13.2 Å². The van der Waals surface area contributed by atoms with E-state index in [-0.39, 0.29) is 4.90 Å². The molecule has 0 aliphatic carbocycles. The first-order valence-corrected chi connectivity index (χ1v) is 12.7. The first kappa shape index (κ1) is 25.5. The first-order chi connectivity index (χ1) is 16.2. The van der Waals surface area contributed by atoms with Gasteiger partial charge in [-0.15, -0.1) is 0 Å². The number of halogens is 1. The van der Waals surface area contributed by atoms with Gasteiger partial charge in [-0.25, -0.2) is 13.8 Å². The standard InChI is InChI=1S/C26H28ClN3O3S/c1-19-9-14-24(15-10-19)34(32,33)30(25-16-13-23(27)17-20(25)2)18-26(31)29-28-21(3)11-12-22-7-5-4-6-8-22/h4-10,13-17H,11-12,18H2,1-3H3,(H,29,31)/b28-21+. The fraction of sp³-hybridized carbons (Fsp3) is 0.231. The molecule has 1 N–H and O–H groups in total. The molecule has 178 valence electrons. The average Bonchev–Trinajstić information content (AvgIpc) is 2.81. The third-order valence-corrected chi connectivity index (χ3v) is 7.32. The van der Waals surface area contributed by atoms with E-state index in [0.29, 0.717) is 22.7 Å². The Bertz CT molecular complexity index is 1270. The van der Waals surface area contributed by atoms with E-state index in [1.807, 2.05) is 44.2 Å². The monoisotopic (exact) mass is 497 g/mol. The Hall–Kier alpha value is -3.16. The second-order valence-electron chi connectivity index (χ2n) is 8.12. The van der Waals surface area contributed by atoms with Crippen molar-refractivity contribution in [3.63, 3.8) is 0 Å². The van der Waals surface area contributed by atoms with Crippen molar-refractivity contribution in [2.24, 2.45) is 5.10 Å². The number of rotatable bonds is 9. The van der Waals surface area contributed by atoms with Gasteiger partial charge in [0.1, 0.15) is 6.54 Å². The van der Waals surface area contributed by atoms with Gasteiger partial charge in [0.15, 0.2) is 0 Å². The molecule has 0 radical (unpaired) electrons. The predicted molar refractivity (Wildman–Crippen MR) is 138 cm³/mol. The number of carbonyl (C=O) groups excluding carboxylic acids is 1. The van der Waals surface area contributed by atoms with Gasteiger partial charge < -0.3 is 0 Å². The van der Waals surface area contributed by atoms with E-state index in [2.05, 4.69) is 10.5 Å². The number of aryl methyl sites for hydroxylation is 3. The van der Waals surface area contributed by atoms with E-state index in [0.717, 1.165) is 22.0 Å². The molecule has 34 heavy (non-hydrogen) atoms. The third kappa shape index (κ3) is 6.68. The number of carbonyl (C=O) groups is 1. The van der Waals surface area contributed by atoms with E-state index < -0.39 is 22.5 Å². The van der Waals surface area contributed by atoms with Gasteiger partial charge in [-0.1, -0.05) is 59.6 Å². The van der Waals surface area contributed by atoms with Crippen LogP contribution in [0.1, 0.15) is 30.0 Å². The SMILES string of the molecule is C/C(CCc1ccccc1)=N\NC(=O)CN(c1ccc(Cl)cc1C)S(=O)(=O)c1ccc(C)cc1. The van der Waals surface area contributed by atoms with E-state index in [9.17, 15) is 13.2 Å². The summed E-state index contributed by atoms with van der Waals surface area (Å²) in [4.78, 5) is 12.9. The van der Waals surface area contributed by atoms with Crippen LogP contribution in [0.5, 0.6) is 0 Å². The fourth-order valence-electron chi connectivity index (χ4n) is 3.39. The Balaban J connectivity index is 1.79. The van der Waals surface area contributed by atoms with Crippen LogP contribution in [0.15, 0.2) is 82.8 Å². The Morgan fingerprint density at radius 2 is 1.68 bits per heavy atom. The van der Waals surface area contributed by atoms with Crippen molar-refractivity contribution >= 4 is 38.9 Å². The number of benzene rings is 3. The smallest absolute Gasteiger partial charge is 0.264 e. The van der Waals surface area contributed by atoms with E-state index in [1.54, 1.807) is 37.3 Å². The van der Waals surface area contributed by atoms with Gasteiger partial charge in [0.2, 0.25) is 0 Å². The summed E-state index contributed by atoms with van der Waals surface area (Å²) in [5.41, 5.74) is 6.37. The zero-order valence-corrected chi connectivity index (χ0v) is 21.0. The lowest BCUT2D eigenvalue weighted by Crippen LogP contribution is -2.40. The van der Waals surface area contributed by atoms with Crippen LogP contribution in [0.25, 0.3) is 0 Å². The number of nitrogens with zero attached hydrogens (tertiary/aromatic N) is 2. The minimum absolute atomic E-state index is 0.0998. The summed E-state index contributed by atoms with van der Waals surface area (Å²) in [6.07, 6.45) is 1.47. The molecule has 0 spiro atoms. The highest BCUT2D eigenvalue weighted by Crippen LogP contribution is 2.29. The zero-order valence-electron chi connectivity index (χ0n) is 19.5. The molecular weight excluding hydrogens is 470 g/mol. The van der Waals surface area contributed by atoms with Crippen LogP contribution in [-0.2, 0) is 21.2 Å². The molecule has 0 heterocycles. The lowest BCUT2D eigenvalue weighted by Gasteiger charge is -2.25. The van der Waals surface area contributed by atoms with Gasteiger partial charge in [-0.05, 0) is 75.1 Å². The molecule has 6 nitrogen and oxygen atoms in total. The maximum atomic E-state index is 13.5. The maximum Gasteiger partial charge on any atom is 0.264 e. The number of nitrogens with one attached hydrogen (secondary N) is 1. The Kier molecular flexibility index (Phi) is 8.47. The van der Waals surface area contributed by atoms with Crippen LogP contribution in [0.4, 0.5) is 5.69 Å². The predicted octanol–water partition coefficient (Wildman–Crippen LogP) is 5.28. The van der Waals surface area contributed by atoms with Crippen molar-refractivity contribution in [1.29, 1.82) is 0 Å². The number of sulfonamides is 1. The molecule has 0 saturated heterocycles. The number of hydrogen-bond acceptors (Lipinski definition) is 4. The van der Waals surface area contributed by atoms with Crippen LogP contribution in [0.2, 0.25) is 5.02 Å². The molecule has 0 fully saturated rings. The Morgan fingerprint density at radius 1 is 1.00 bits per heavy atom. The highest BCUT2D eigenvalue weighted by Gasteiger charge is 2.28. The quantitative estimate of drug-likeness (QED) is 0.323. The van der Waals surface area contributed by atoms with Crippen LogP contribution < -0.4 is 9.73 Å². The minimum Gasteiger partial charge on any atom is -0.271 e. The molecule has 0 bridgehead atoms. The van der Waals surface area contributed by atoms with Crippen LogP contribution >= 0.6 is 11.6 Å². The minimum atomic E-state index is -4.01. The Morgan fingerprint density at radius 3 is 2.32 bits per heavy atom. The van der Waals surface area contributed by atoms with Gasteiger partial charge in [0.25, 0.3) is 15.9 Å². The molecule has 0 atom stereocenters. The summed E-state index contributed by atoms with van der Waals surface area (Å²) >= 11 is 6.07. The topological polar surface area (TPSA) is 78.8 Å². The zero-order chi connectivity index (χ0) is 24.7. The van der Waals surface area contributed by atoms with Crippen molar-refractivity contribution in [3.8, 4) is 0 Å². The largest absolute Gasteiger partial charge is 0.271 e. The van der Waals surface area contributed by atoms with Gasteiger partial charge >= 0.3 is 0 Å². The number of anilines is 1. The lowest BCUT2D eigenvalue weighted by molar-refractivity contribution is -0.119. The molecule has 3 rings (SSSR count). The van der Waals surface area contributed by atoms with Gasteiger partial charge in [-0.2, -0.15) is 5.10 Å². The lowest BCUT2D eigenvalue weighted by atomic mass is 10.1. The summed E-state index contributed by atoms with van der Waals surface area (Å²) in [7, 11) is -4.01.